The van der Waals surface area contributed by atoms with Gasteiger partial charge in [0.2, 0.25) is 15.9 Å². The van der Waals surface area contributed by atoms with Crippen LogP contribution in [0.5, 0.6) is 0 Å². The lowest BCUT2D eigenvalue weighted by molar-refractivity contribution is -0.137. The van der Waals surface area contributed by atoms with Crippen molar-refractivity contribution < 1.29 is 26.4 Å². The van der Waals surface area contributed by atoms with Crippen molar-refractivity contribution in [1.82, 2.24) is 9.21 Å². The highest BCUT2D eigenvalue weighted by Gasteiger charge is 2.34. The van der Waals surface area contributed by atoms with Gasteiger partial charge in [0, 0.05) is 32.3 Å². The number of halogens is 3. The van der Waals surface area contributed by atoms with Gasteiger partial charge in [-0.2, -0.15) is 17.5 Å². The van der Waals surface area contributed by atoms with Crippen molar-refractivity contribution >= 4 is 21.5 Å². The van der Waals surface area contributed by atoms with Crippen molar-refractivity contribution in [1.29, 1.82) is 0 Å². The van der Waals surface area contributed by atoms with Gasteiger partial charge in [-0.25, -0.2) is 8.42 Å². The number of nitrogens with zero attached hydrogens (tertiary/aromatic N) is 2. The van der Waals surface area contributed by atoms with Gasteiger partial charge < -0.3 is 4.90 Å². The van der Waals surface area contributed by atoms with Gasteiger partial charge in [0.15, 0.2) is 0 Å². The Balaban J connectivity index is 1.68. The second-order valence-corrected chi connectivity index (χ2v) is 8.89. The van der Waals surface area contributed by atoms with Crippen molar-refractivity contribution in [2.24, 2.45) is 0 Å². The van der Waals surface area contributed by atoms with Crippen LogP contribution in [0.25, 0.3) is 5.57 Å². The minimum Gasteiger partial charge on any atom is -0.337 e. The molecule has 0 unspecified atom stereocenters. The van der Waals surface area contributed by atoms with Crippen LogP contribution in [0.3, 0.4) is 0 Å². The molecule has 0 aliphatic carbocycles. The second-order valence-electron chi connectivity index (χ2n) is 6.95. The van der Waals surface area contributed by atoms with Gasteiger partial charge in [-0.1, -0.05) is 36.4 Å². The Labute approximate surface area is 173 Å². The predicted molar refractivity (Wildman–Crippen MR) is 107 cm³/mol. The zero-order chi connectivity index (χ0) is 21.9. The molecule has 0 radical (unpaired) electrons. The van der Waals surface area contributed by atoms with Gasteiger partial charge in [-0.3, -0.25) is 4.79 Å². The third-order valence-electron chi connectivity index (χ3n) is 4.92. The minimum absolute atomic E-state index is 0.0164. The Hall–Kier alpha value is -2.65. The fraction of sp³-hybridized carbons (Fsp3) is 0.286. The molecule has 1 aliphatic heterocycles. The van der Waals surface area contributed by atoms with Crippen LogP contribution in [0.2, 0.25) is 0 Å². The zero-order valence-electron chi connectivity index (χ0n) is 16.3. The highest BCUT2D eigenvalue weighted by Crippen LogP contribution is 2.31. The maximum absolute atomic E-state index is 12.9. The van der Waals surface area contributed by atoms with Crippen molar-refractivity contribution in [2.75, 3.05) is 26.2 Å². The average Bonchev–Trinajstić information content (AvgIpc) is 2.74. The molecule has 0 bridgehead atoms. The first kappa shape index (κ1) is 22.0. The summed E-state index contributed by atoms with van der Waals surface area (Å²) in [7, 11) is -4.08. The maximum atomic E-state index is 12.9. The Morgan fingerprint density at radius 2 is 1.60 bits per heavy atom. The topological polar surface area (TPSA) is 57.7 Å². The van der Waals surface area contributed by atoms with E-state index in [9.17, 15) is 26.4 Å². The van der Waals surface area contributed by atoms with Crippen LogP contribution >= 0.6 is 0 Å². The first-order chi connectivity index (χ1) is 14.1. The van der Waals surface area contributed by atoms with E-state index in [4.69, 9.17) is 0 Å². The number of piperazine rings is 1. The zero-order valence-corrected chi connectivity index (χ0v) is 17.1. The normalized spacial score (nSPS) is 16.5. The van der Waals surface area contributed by atoms with Crippen LogP contribution in [0.4, 0.5) is 13.2 Å². The molecule has 1 fully saturated rings. The Morgan fingerprint density at radius 1 is 0.967 bits per heavy atom. The predicted octanol–water partition coefficient (Wildman–Crippen LogP) is 3.64. The van der Waals surface area contributed by atoms with Gasteiger partial charge in [-0.15, -0.1) is 0 Å². The lowest BCUT2D eigenvalue weighted by atomic mass is 10.1. The van der Waals surface area contributed by atoms with Gasteiger partial charge in [0.25, 0.3) is 0 Å². The number of hydrogen-bond donors (Lipinski definition) is 0. The number of hydrogen-bond acceptors (Lipinski definition) is 3. The summed E-state index contributed by atoms with van der Waals surface area (Å²) in [5.41, 5.74) is 0.690. The van der Waals surface area contributed by atoms with Crippen LogP contribution in [0.15, 0.2) is 65.6 Å². The van der Waals surface area contributed by atoms with E-state index in [1.165, 1.54) is 11.0 Å². The fourth-order valence-corrected chi connectivity index (χ4v) is 4.66. The van der Waals surface area contributed by atoms with Crippen molar-refractivity contribution in [3.05, 3.63) is 71.8 Å². The summed E-state index contributed by atoms with van der Waals surface area (Å²) in [6, 6.07) is 13.1. The maximum Gasteiger partial charge on any atom is 0.416 e. The van der Waals surface area contributed by atoms with Gasteiger partial charge >= 0.3 is 6.18 Å². The molecule has 0 saturated carbocycles. The first-order valence-corrected chi connectivity index (χ1v) is 10.7. The van der Waals surface area contributed by atoms with E-state index >= 15 is 0 Å². The molecule has 0 aromatic heterocycles. The highest BCUT2D eigenvalue weighted by atomic mass is 32.2. The highest BCUT2D eigenvalue weighted by molar-refractivity contribution is 7.89. The second kappa shape index (κ2) is 8.61. The molecule has 1 aliphatic rings. The lowest BCUT2D eigenvalue weighted by Gasteiger charge is -2.33. The summed E-state index contributed by atoms with van der Waals surface area (Å²) in [5.74, 6) is -0.229. The van der Waals surface area contributed by atoms with Gasteiger partial charge in [-0.05, 0) is 36.3 Å². The molecule has 0 N–H and O–H groups in total. The molecular formula is C21H21F3N2O3S. The van der Waals surface area contributed by atoms with Crippen molar-refractivity contribution in [3.8, 4) is 0 Å². The molecule has 9 heteroatoms. The van der Waals surface area contributed by atoms with Gasteiger partial charge in [0.1, 0.15) is 0 Å². The largest absolute Gasteiger partial charge is 0.416 e. The number of sulfonamides is 1. The van der Waals surface area contributed by atoms with E-state index in [0.29, 0.717) is 6.07 Å². The third-order valence-corrected chi connectivity index (χ3v) is 6.81. The number of alkyl halides is 3. The van der Waals surface area contributed by atoms with E-state index in [-0.39, 0.29) is 32.1 Å². The smallest absolute Gasteiger partial charge is 0.337 e. The molecule has 30 heavy (non-hydrogen) atoms. The SMILES string of the molecule is C/C(=C\C(=O)N1CCN(S(=O)(=O)c2cccc(C(F)(F)F)c2)CC1)c1ccccc1. The molecule has 3 rings (SSSR count). The van der Waals surface area contributed by atoms with Crippen molar-refractivity contribution in [3.63, 3.8) is 0 Å². The lowest BCUT2D eigenvalue weighted by Crippen LogP contribution is -2.50. The van der Waals surface area contributed by atoms with E-state index in [1.807, 2.05) is 37.3 Å². The molecule has 160 valence electrons. The molecule has 2 aromatic rings. The summed E-state index contributed by atoms with van der Waals surface area (Å²) >= 11 is 0. The first-order valence-electron chi connectivity index (χ1n) is 9.29. The number of rotatable bonds is 4. The summed E-state index contributed by atoms with van der Waals surface area (Å²) in [5, 5.41) is 0. The van der Waals surface area contributed by atoms with Crippen LogP contribution in [-0.2, 0) is 21.0 Å². The van der Waals surface area contributed by atoms with Gasteiger partial charge in [0.05, 0.1) is 10.5 Å². The summed E-state index contributed by atoms with van der Waals surface area (Å²) in [6.07, 6.45) is -3.12. The minimum atomic E-state index is -4.63. The fourth-order valence-electron chi connectivity index (χ4n) is 3.19. The molecule has 0 atom stereocenters. The standard InChI is InChI=1S/C21H21F3N2O3S/c1-16(17-6-3-2-4-7-17)14-20(27)25-10-12-26(13-11-25)30(28,29)19-9-5-8-18(15-19)21(22,23)24/h2-9,14-15H,10-13H2,1H3/b16-14+. The Morgan fingerprint density at radius 3 is 2.20 bits per heavy atom. The molecular weight excluding hydrogens is 417 g/mol. The van der Waals surface area contributed by atoms with E-state index in [2.05, 4.69) is 0 Å². The number of carbonyl (C=O) groups excluding carboxylic acids is 1. The van der Waals surface area contributed by atoms with E-state index in [0.717, 1.165) is 33.6 Å². The van der Waals surface area contributed by atoms with Crippen molar-refractivity contribution in [2.45, 2.75) is 18.0 Å². The molecule has 2 aromatic carbocycles. The summed E-state index contributed by atoms with van der Waals surface area (Å²) < 4.78 is 65.3. The summed E-state index contributed by atoms with van der Waals surface area (Å²) in [6.45, 7) is 2.18. The number of allylic oxidation sites excluding steroid dienone is 1. The summed E-state index contributed by atoms with van der Waals surface area (Å²) in [4.78, 5) is 13.6. The number of amides is 1. The molecule has 1 heterocycles. The van der Waals surface area contributed by atoms with Crippen LogP contribution in [0, 0.1) is 0 Å². The molecule has 1 amide bonds. The number of carbonyl (C=O) groups is 1. The van der Waals surface area contributed by atoms with Crippen LogP contribution < -0.4 is 0 Å². The van der Waals surface area contributed by atoms with E-state index in [1.54, 1.807) is 0 Å². The molecule has 5 nitrogen and oxygen atoms in total. The molecule has 1 saturated heterocycles. The Kier molecular flexibility index (Phi) is 6.33. The third kappa shape index (κ3) is 4.91. The number of benzene rings is 2. The van der Waals surface area contributed by atoms with Crippen LogP contribution in [-0.4, -0.2) is 49.7 Å². The van der Waals surface area contributed by atoms with E-state index < -0.39 is 26.7 Å². The molecule has 0 spiro atoms. The average molecular weight is 438 g/mol. The van der Waals surface area contributed by atoms with Crippen LogP contribution in [0.1, 0.15) is 18.1 Å². The monoisotopic (exact) mass is 438 g/mol. The Bertz CT molecular complexity index is 1040. The quantitative estimate of drug-likeness (QED) is 0.685.